The molecular weight excluding hydrogens is 467 g/mol. The molecule has 2 aliphatic rings. The highest BCUT2D eigenvalue weighted by atomic mass is 19.1. The van der Waals surface area contributed by atoms with Crippen molar-refractivity contribution in [3.8, 4) is 5.88 Å². The third-order valence-corrected chi connectivity index (χ3v) is 6.54. The molecule has 1 fully saturated rings. The Bertz CT molecular complexity index is 1370. The largest absolute Gasteiger partial charge is 0.493 e. The summed E-state index contributed by atoms with van der Waals surface area (Å²) in [6.07, 6.45) is 3.16. The summed E-state index contributed by atoms with van der Waals surface area (Å²) in [7, 11) is 0. The molecule has 186 valence electrons. The molecule has 0 bridgehead atoms. The molecule has 4 heterocycles. The second-order valence-electron chi connectivity index (χ2n) is 8.86. The van der Waals surface area contributed by atoms with Crippen LogP contribution >= 0.6 is 0 Å². The lowest BCUT2D eigenvalue weighted by atomic mass is 9.99. The number of pyridine rings is 1. The number of H-pyrrole nitrogens is 1. The zero-order valence-corrected chi connectivity index (χ0v) is 19.5. The minimum absolute atomic E-state index is 0.0405. The molecule has 5 rings (SSSR count). The number of aromatic amines is 1. The minimum atomic E-state index is -0.619. The van der Waals surface area contributed by atoms with Crippen LogP contribution in [0.15, 0.2) is 41.3 Å². The van der Waals surface area contributed by atoms with Gasteiger partial charge in [-0.1, -0.05) is 6.07 Å². The van der Waals surface area contributed by atoms with E-state index >= 15 is 0 Å². The van der Waals surface area contributed by atoms with Gasteiger partial charge >= 0.3 is 0 Å². The number of fused-ring (bicyclic) bond motifs is 1. The zero-order valence-electron chi connectivity index (χ0n) is 19.5. The molecule has 10 nitrogen and oxygen atoms in total. The summed E-state index contributed by atoms with van der Waals surface area (Å²) in [4.78, 5) is 44.8. The fourth-order valence-corrected chi connectivity index (χ4v) is 4.60. The van der Waals surface area contributed by atoms with Gasteiger partial charge < -0.3 is 20.2 Å². The highest BCUT2D eigenvalue weighted by Gasteiger charge is 2.27. The van der Waals surface area contributed by atoms with E-state index in [0.717, 1.165) is 13.0 Å². The fourth-order valence-electron chi connectivity index (χ4n) is 4.60. The van der Waals surface area contributed by atoms with Gasteiger partial charge in [0.2, 0.25) is 5.88 Å². The van der Waals surface area contributed by atoms with Crippen LogP contribution in [0.3, 0.4) is 0 Å². The molecule has 2 amide bonds. The Kier molecular flexibility index (Phi) is 6.36. The van der Waals surface area contributed by atoms with Crippen LogP contribution in [0.5, 0.6) is 5.88 Å². The van der Waals surface area contributed by atoms with Crippen LogP contribution in [0.2, 0.25) is 0 Å². The first-order valence-corrected chi connectivity index (χ1v) is 11.8. The van der Waals surface area contributed by atoms with Crippen molar-refractivity contribution in [3.63, 3.8) is 0 Å². The monoisotopic (exact) mass is 492 g/mol. The van der Waals surface area contributed by atoms with Gasteiger partial charge in [0.25, 0.3) is 17.4 Å². The molecule has 0 aliphatic carbocycles. The maximum absolute atomic E-state index is 14.7. The van der Waals surface area contributed by atoms with Crippen molar-refractivity contribution in [3.05, 3.63) is 80.6 Å². The fraction of sp³-hybridized carbons (Fsp3) is 0.320. The quantitative estimate of drug-likeness (QED) is 0.504. The van der Waals surface area contributed by atoms with Gasteiger partial charge in [-0.3, -0.25) is 14.4 Å². The highest BCUT2D eigenvalue weighted by Crippen LogP contribution is 2.24. The number of hydrogen-bond acceptors (Lipinski definition) is 7. The second kappa shape index (κ2) is 9.76. The van der Waals surface area contributed by atoms with E-state index < -0.39 is 11.7 Å². The van der Waals surface area contributed by atoms with Gasteiger partial charge in [-0.15, -0.1) is 0 Å². The average molecular weight is 493 g/mol. The van der Waals surface area contributed by atoms with Gasteiger partial charge in [-0.2, -0.15) is 5.10 Å². The smallest absolute Gasteiger partial charge is 0.269 e. The summed E-state index contributed by atoms with van der Waals surface area (Å²) < 4.78 is 14.7. The Balaban J connectivity index is 1.28. The summed E-state index contributed by atoms with van der Waals surface area (Å²) in [5.41, 5.74) is 2.81. The number of carbonyl (C=O) groups excluding carboxylic acids is 2. The first-order chi connectivity index (χ1) is 17.4. The van der Waals surface area contributed by atoms with Crippen molar-refractivity contribution in [2.45, 2.75) is 19.3 Å². The number of benzene rings is 1. The van der Waals surface area contributed by atoms with Gasteiger partial charge in [0.1, 0.15) is 5.82 Å². The van der Waals surface area contributed by atoms with E-state index in [-0.39, 0.29) is 36.0 Å². The second-order valence-corrected chi connectivity index (χ2v) is 8.86. The predicted octanol–water partition coefficient (Wildman–Crippen LogP) is 1.56. The van der Waals surface area contributed by atoms with Crippen LogP contribution in [0.1, 0.15) is 44.0 Å². The first-order valence-electron chi connectivity index (χ1n) is 11.8. The maximum atomic E-state index is 14.7. The Morgan fingerprint density at radius 1 is 1.06 bits per heavy atom. The van der Waals surface area contributed by atoms with Crippen molar-refractivity contribution >= 4 is 17.5 Å². The third kappa shape index (κ3) is 4.64. The summed E-state index contributed by atoms with van der Waals surface area (Å²) in [5.74, 6) is -1.47. The average Bonchev–Trinajstić information content (AvgIpc) is 2.91. The Labute approximate surface area is 205 Å². The number of aromatic nitrogens is 3. The lowest BCUT2D eigenvalue weighted by Gasteiger charge is -2.35. The normalized spacial score (nSPS) is 15.2. The summed E-state index contributed by atoms with van der Waals surface area (Å²) in [5, 5.41) is 19.3. The number of piperazine rings is 1. The molecule has 3 aromatic rings. The van der Waals surface area contributed by atoms with Gasteiger partial charge in [-0.05, 0) is 36.6 Å². The number of aromatic hydroxyl groups is 1. The SMILES string of the molecule is O=C(c1ccc(O)nc1)N1CCN(C(=O)c2cc(Cc3n[nH]c(=O)c4c3NCCC4)ccc2F)CC1. The van der Waals surface area contributed by atoms with E-state index in [9.17, 15) is 23.9 Å². The molecule has 11 heteroatoms. The maximum Gasteiger partial charge on any atom is 0.269 e. The van der Waals surface area contributed by atoms with Gasteiger partial charge in [0, 0.05) is 57.0 Å². The third-order valence-electron chi connectivity index (χ3n) is 6.54. The zero-order chi connectivity index (χ0) is 25.2. The van der Waals surface area contributed by atoms with Crippen LogP contribution in [0.4, 0.5) is 10.1 Å². The lowest BCUT2D eigenvalue weighted by Crippen LogP contribution is -2.50. The molecule has 1 aromatic carbocycles. The summed E-state index contributed by atoms with van der Waals surface area (Å²) >= 11 is 0. The number of carbonyl (C=O) groups is 2. The number of halogens is 1. The first kappa shape index (κ1) is 23.5. The Morgan fingerprint density at radius 2 is 1.81 bits per heavy atom. The molecule has 0 saturated carbocycles. The molecule has 36 heavy (non-hydrogen) atoms. The summed E-state index contributed by atoms with van der Waals surface area (Å²) in [6, 6.07) is 7.24. The van der Waals surface area contributed by atoms with E-state index in [4.69, 9.17) is 0 Å². The molecule has 0 atom stereocenters. The van der Waals surface area contributed by atoms with E-state index in [1.165, 1.54) is 35.4 Å². The molecule has 1 saturated heterocycles. The van der Waals surface area contributed by atoms with Gasteiger partial charge in [0.15, 0.2) is 0 Å². The Morgan fingerprint density at radius 3 is 2.53 bits per heavy atom. The highest BCUT2D eigenvalue weighted by molar-refractivity contribution is 5.96. The van der Waals surface area contributed by atoms with Crippen molar-refractivity contribution < 1.29 is 19.1 Å². The molecular formula is C25H25FN6O4. The predicted molar refractivity (Wildman–Crippen MR) is 129 cm³/mol. The molecule has 0 unspecified atom stereocenters. The Hall–Kier alpha value is -4.28. The van der Waals surface area contributed by atoms with Gasteiger partial charge in [0.05, 0.1) is 22.5 Å². The molecule has 0 spiro atoms. The molecule has 2 aromatic heterocycles. The minimum Gasteiger partial charge on any atom is -0.493 e. The molecule has 0 radical (unpaired) electrons. The number of hydrogen-bond donors (Lipinski definition) is 3. The van der Waals surface area contributed by atoms with E-state index in [1.54, 1.807) is 11.0 Å². The van der Waals surface area contributed by atoms with Crippen LogP contribution < -0.4 is 10.9 Å². The van der Waals surface area contributed by atoms with E-state index in [0.29, 0.717) is 54.0 Å². The number of nitrogens with zero attached hydrogens (tertiary/aromatic N) is 4. The standard InChI is InChI=1S/C25H25FN6O4/c26-19-5-3-15(13-20-22-17(2-1-7-27-22)23(34)30-29-20)12-18(19)25(36)32-10-8-31(9-11-32)24(35)16-4-6-21(33)28-14-16/h3-6,12,14,27H,1-2,7-11,13H2,(H,28,33)(H,30,34). The number of nitrogens with one attached hydrogen (secondary N) is 2. The van der Waals surface area contributed by atoms with Crippen molar-refractivity contribution in [1.29, 1.82) is 0 Å². The van der Waals surface area contributed by atoms with Crippen LogP contribution in [-0.4, -0.2) is 74.6 Å². The van der Waals surface area contributed by atoms with Crippen molar-refractivity contribution in [2.75, 3.05) is 38.0 Å². The van der Waals surface area contributed by atoms with Crippen LogP contribution in [0.25, 0.3) is 0 Å². The van der Waals surface area contributed by atoms with Crippen LogP contribution in [-0.2, 0) is 12.8 Å². The molecule has 2 aliphatic heterocycles. The number of amides is 2. The molecule has 3 N–H and O–H groups in total. The lowest BCUT2D eigenvalue weighted by molar-refractivity contribution is 0.0532. The van der Waals surface area contributed by atoms with Crippen molar-refractivity contribution in [2.24, 2.45) is 0 Å². The van der Waals surface area contributed by atoms with Crippen LogP contribution in [0, 0.1) is 5.82 Å². The topological polar surface area (TPSA) is 132 Å². The summed E-state index contributed by atoms with van der Waals surface area (Å²) in [6.45, 7) is 1.87. The van der Waals surface area contributed by atoms with Gasteiger partial charge in [-0.25, -0.2) is 14.5 Å². The van der Waals surface area contributed by atoms with Crippen molar-refractivity contribution in [1.82, 2.24) is 25.0 Å². The number of rotatable bonds is 4. The number of anilines is 1. The van der Waals surface area contributed by atoms with E-state index in [2.05, 4.69) is 20.5 Å². The van der Waals surface area contributed by atoms with E-state index in [1.807, 2.05) is 0 Å².